The second-order valence-corrected chi connectivity index (χ2v) is 8.15. The molecule has 1 N–H and O–H groups in total. The van der Waals surface area contributed by atoms with E-state index in [0.29, 0.717) is 24.6 Å². The molecule has 0 bridgehead atoms. The first-order valence-corrected chi connectivity index (χ1v) is 9.73. The topological polar surface area (TPSA) is 97.5 Å². The highest BCUT2D eigenvalue weighted by Gasteiger charge is 2.27. The van der Waals surface area contributed by atoms with Crippen molar-refractivity contribution in [2.45, 2.75) is 45.3 Å². The van der Waals surface area contributed by atoms with Gasteiger partial charge in [-0.3, -0.25) is 14.4 Å². The number of hydrogen-bond donors (Lipinski definition) is 1. The number of aromatic nitrogens is 5. The number of carbonyl (C=O) groups is 1. The molecule has 1 saturated heterocycles. The monoisotopic (exact) mass is 395 g/mol. The Kier molecular flexibility index (Phi) is 5.04. The first-order chi connectivity index (χ1) is 13.9. The van der Waals surface area contributed by atoms with Crippen LogP contribution in [-0.2, 0) is 4.74 Å². The van der Waals surface area contributed by atoms with E-state index in [2.05, 4.69) is 20.3 Å². The Hall–Kier alpha value is -3.23. The summed E-state index contributed by atoms with van der Waals surface area (Å²) in [6.45, 7) is 6.91. The second-order valence-electron chi connectivity index (χ2n) is 8.15. The number of nitrogens with zero attached hydrogens (tertiary/aromatic N) is 6. The zero-order chi connectivity index (χ0) is 20.4. The van der Waals surface area contributed by atoms with Crippen molar-refractivity contribution in [3.05, 3.63) is 37.2 Å². The number of imidazole rings is 1. The zero-order valence-electron chi connectivity index (χ0n) is 16.9. The molecule has 1 unspecified atom stereocenters. The number of hydrogen-bond acceptors (Lipinski definition) is 7. The van der Waals surface area contributed by atoms with E-state index in [4.69, 9.17) is 9.72 Å². The van der Waals surface area contributed by atoms with E-state index < -0.39 is 5.60 Å². The minimum atomic E-state index is -0.499. The van der Waals surface area contributed by atoms with Crippen molar-refractivity contribution in [1.29, 1.82) is 0 Å². The number of likely N-dealkylation sites (tertiary alicyclic amines) is 1. The van der Waals surface area contributed by atoms with Gasteiger partial charge in [-0.1, -0.05) is 0 Å². The number of fused-ring (bicyclic) bond motifs is 1. The minimum Gasteiger partial charge on any atom is -0.444 e. The lowest BCUT2D eigenvalue weighted by atomic mass is 10.1. The van der Waals surface area contributed by atoms with Gasteiger partial charge in [-0.2, -0.15) is 0 Å². The lowest BCUT2D eigenvalue weighted by molar-refractivity contribution is 0.0206. The van der Waals surface area contributed by atoms with E-state index in [-0.39, 0.29) is 12.1 Å². The number of amides is 1. The van der Waals surface area contributed by atoms with Crippen LogP contribution in [0.25, 0.3) is 17.0 Å². The summed E-state index contributed by atoms with van der Waals surface area (Å²) in [7, 11) is 0. The molecule has 0 aromatic carbocycles. The third kappa shape index (κ3) is 4.44. The van der Waals surface area contributed by atoms with Gasteiger partial charge in [-0.05, 0) is 33.6 Å². The fourth-order valence-corrected chi connectivity index (χ4v) is 3.39. The lowest BCUT2D eigenvalue weighted by Crippen LogP contribution is -2.47. The van der Waals surface area contributed by atoms with Crippen LogP contribution in [0.4, 0.5) is 10.6 Å². The van der Waals surface area contributed by atoms with E-state index in [0.717, 1.165) is 24.2 Å². The third-order valence-corrected chi connectivity index (χ3v) is 4.64. The first-order valence-electron chi connectivity index (χ1n) is 9.73. The summed E-state index contributed by atoms with van der Waals surface area (Å²) in [5, 5.41) is 3.41. The fraction of sp³-hybridized carbons (Fsp3) is 0.450. The molecular weight excluding hydrogens is 370 g/mol. The van der Waals surface area contributed by atoms with Crippen LogP contribution in [0.3, 0.4) is 0 Å². The predicted molar refractivity (Wildman–Crippen MR) is 108 cm³/mol. The Morgan fingerprint density at radius 1 is 1.21 bits per heavy atom. The average molecular weight is 395 g/mol. The summed E-state index contributed by atoms with van der Waals surface area (Å²) >= 11 is 0. The van der Waals surface area contributed by atoms with Gasteiger partial charge in [0.25, 0.3) is 0 Å². The zero-order valence-corrected chi connectivity index (χ0v) is 16.9. The smallest absolute Gasteiger partial charge is 0.410 e. The molecule has 1 amide bonds. The molecule has 1 atom stereocenters. The summed E-state index contributed by atoms with van der Waals surface area (Å²) < 4.78 is 7.42. The molecule has 152 valence electrons. The van der Waals surface area contributed by atoms with Crippen LogP contribution in [0.2, 0.25) is 0 Å². The maximum Gasteiger partial charge on any atom is 0.410 e. The van der Waals surface area contributed by atoms with Gasteiger partial charge in [0.2, 0.25) is 0 Å². The molecule has 3 aromatic heterocycles. The van der Waals surface area contributed by atoms with Crippen LogP contribution < -0.4 is 5.32 Å². The molecule has 9 heteroatoms. The van der Waals surface area contributed by atoms with E-state index in [1.807, 2.05) is 31.4 Å². The molecular formula is C20H25N7O2. The largest absolute Gasteiger partial charge is 0.444 e. The highest BCUT2D eigenvalue weighted by atomic mass is 16.6. The highest BCUT2D eigenvalue weighted by molar-refractivity contribution is 5.68. The fourth-order valence-electron chi connectivity index (χ4n) is 3.39. The second kappa shape index (κ2) is 7.65. The predicted octanol–water partition coefficient (Wildman–Crippen LogP) is 3.00. The molecule has 9 nitrogen and oxygen atoms in total. The van der Waals surface area contributed by atoms with Crippen LogP contribution in [-0.4, -0.2) is 60.1 Å². The van der Waals surface area contributed by atoms with Gasteiger partial charge in [0.15, 0.2) is 5.65 Å². The van der Waals surface area contributed by atoms with Crippen molar-refractivity contribution in [1.82, 2.24) is 29.2 Å². The Balaban J connectivity index is 1.47. The van der Waals surface area contributed by atoms with Crippen molar-refractivity contribution in [2.24, 2.45) is 0 Å². The SMILES string of the molecule is CC(C)(C)OC(=O)N1CCCC(Nc2cncc(-c3cnc4cnccn34)n2)C1. The Bertz CT molecular complexity index is 1010. The first kappa shape index (κ1) is 19.1. The third-order valence-electron chi connectivity index (χ3n) is 4.64. The van der Waals surface area contributed by atoms with E-state index in [1.54, 1.807) is 35.9 Å². The average Bonchev–Trinajstić information content (AvgIpc) is 3.11. The summed E-state index contributed by atoms with van der Waals surface area (Å²) in [4.78, 5) is 31.6. The van der Waals surface area contributed by atoms with Crippen LogP contribution in [0.5, 0.6) is 0 Å². The molecule has 1 fully saturated rings. The van der Waals surface area contributed by atoms with Crippen molar-refractivity contribution in [3.63, 3.8) is 0 Å². The molecule has 3 aromatic rings. The van der Waals surface area contributed by atoms with Crippen molar-refractivity contribution in [2.75, 3.05) is 18.4 Å². The van der Waals surface area contributed by atoms with Gasteiger partial charge in [-0.15, -0.1) is 0 Å². The number of rotatable bonds is 3. The number of carbonyl (C=O) groups excluding carboxylic acids is 1. The summed E-state index contributed by atoms with van der Waals surface area (Å²) in [6.07, 6.45) is 12.0. The standard InChI is InChI=1S/C20H25N7O2/c1-20(2,3)29-19(28)26-7-4-5-14(13-26)24-17-11-22-9-15(25-17)16-10-23-18-12-21-6-8-27(16)18/h6,8-12,14H,4-5,7,13H2,1-3H3,(H,24,25). The number of piperidine rings is 1. The van der Waals surface area contributed by atoms with Gasteiger partial charge in [0.05, 0.1) is 30.5 Å². The molecule has 0 aliphatic carbocycles. The minimum absolute atomic E-state index is 0.0900. The van der Waals surface area contributed by atoms with Gasteiger partial charge >= 0.3 is 6.09 Å². The van der Waals surface area contributed by atoms with Crippen LogP contribution in [0.1, 0.15) is 33.6 Å². The summed E-state index contributed by atoms with van der Waals surface area (Å²) in [5.41, 5.74) is 1.81. The summed E-state index contributed by atoms with van der Waals surface area (Å²) in [6, 6.07) is 0.0900. The maximum absolute atomic E-state index is 12.4. The normalized spacial score (nSPS) is 17.3. The maximum atomic E-state index is 12.4. The van der Waals surface area contributed by atoms with Crippen LogP contribution in [0, 0.1) is 0 Å². The molecule has 0 spiro atoms. The van der Waals surface area contributed by atoms with Crippen molar-refractivity contribution >= 4 is 17.6 Å². The van der Waals surface area contributed by atoms with Gasteiger partial charge in [-0.25, -0.2) is 14.8 Å². The lowest BCUT2D eigenvalue weighted by Gasteiger charge is -2.34. The quantitative estimate of drug-likeness (QED) is 0.728. The molecule has 4 heterocycles. The molecule has 4 rings (SSSR count). The molecule has 1 aliphatic heterocycles. The highest BCUT2D eigenvalue weighted by Crippen LogP contribution is 2.21. The van der Waals surface area contributed by atoms with E-state index in [9.17, 15) is 4.79 Å². The number of anilines is 1. The van der Waals surface area contributed by atoms with Crippen molar-refractivity contribution < 1.29 is 9.53 Å². The Morgan fingerprint density at radius 3 is 2.90 bits per heavy atom. The number of nitrogens with one attached hydrogen (secondary N) is 1. The van der Waals surface area contributed by atoms with Gasteiger partial charge in [0, 0.05) is 31.5 Å². The summed E-state index contributed by atoms with van der Waals surface area (Å²) in [5.74, 6) is 0.669. The Morgan fingerprint density at radius 2 is 2.07 bits per heavy atom. The van der Waals surface area contributed by atoms with Gasteiger partial charge in [0.1, 0.15) is 17.1 Å². The molecule has 1 aliphatic rings. The molecule has 29 heavy (non-hydrogen) atoms. The van der Waals surface area contributed by atoms with Crippen LogP contribution in [0.15, 0.2) is 37.2 Å². The Labute approximate surface area is 169 Å². The van der Waals surface area contributed by atoms with E-state index >= 15 is 0 Å². The number of ether oxygens (including phenoxy) is 1. The molecule has 0 saturated carbocycles. The van der Waals surface area contributed by atoms with Crippen molar-refractivity contribution in [3.8, 4) is 11.4 Å². The van der Waals surface area contributed by atoms with E-state index in [1.165, 1.54) is 0 Å². The van der Waals surface area contributed by atoms with Gasteiger partial charge < -0.3 is 15.0 Å². The molecule has 0 radical (unpaired) electrons. The van der Waals surface area contributed by atoms with Crippen LogP contribution >= 0.6 is 0 Å².